The predicted octanol–water partition coefficient (Wildman–Crippen LogP) is 3.07. The van der Waals surface area contributed by atoms with Crippen LogP contribution in [0.1, 0.15) is 27.9 Å². The summed E-state index contributed by atoms with van der Waals surface area (Å²) in [6.07, 6.45) is -3.28. The highest BCUT2D eigenvalue weighted by atomic mass is 19.4. The lowest BCUT2D eigenvalue weighted by atomic mass is 10.1. The molecule has 0 atom stereocenters. The van der Waals surface area contributed by atoms with Gasteiger partial charge in [-0.3, -0.25) is 4.79 Å². The van der Waals surface area contributed by atoms with Crippen molar-refractivity contribution in [3.8, 4) is 5.75 Å². The van der Waals surface area contributed by atoms with Crippen molar-refractivity contribution < 1.29 is 22.7 Å². The third kappa shape index (κ3) is 2.60. The van der Waals surface area contributed by atoms with Gasteiger partial charge in [-0.15, -0.1) is 0 Å². The van der Waals surface area contributed by atoms with E-state index in [1.807, 2.05) is 0 Å². The third-order valence-corrected chi connectivity index (χ3v) is 2.71. The summed E-state index contributed by atoms with van der Waals surface area (Å²) in [6, 6.07) is 3.15. The van der Waals surface area contributed by atoms with E-state index in [1.165, 1.54) is 6.07 Å². The van der Waals surface area contributed by atoms with E-state index in [4.69, 9.17) is 4.74 Å². The van der Waals surface area contributed by atoms with Crippen LogP contribution in [0.3, 0.4) is 0 Å². The number of aryl methyl sites for hydroxylation is 2. The summed E-state index contributed by atoms with van der Waals surface area (Å²) in [5.41, 5.74) is 2.02. The molecule has 0 bridgehead atoms. The molecule has 0 saturated carbocycles. The van der Waals surface area contributed by atoms with Gasteiger partial charge in [0.05, 0.1) is 0 Å². The van der Waals surface area contributed by atoms with Crippen LogP contribution in [0.4, 0.5) is 13.2 Å². The first-order valence-electron chi connectivity index (χ1n) is 5.23. The number of fused-ring (bicyclic) bond motifs is 1. The molecule has 1 aromatic carbocycles. The Balaban J connectivity index is 2.24. The van der Waals surface area contributed by atoms with E-state index in [0.717, 1.165) is 5.56 Å². The van der Waals surface area contributed by atoms with Crippen LogP contribution in [0.5, 0.6) is 5.75 Å². The highest BCUT2D eigenvalue weighted by Gasteiger charge is 2.29. The fraction of sp³-hybridized carbons (Fsp3) is 0.417. The van der Waals surface area contributed by atoms with Crippen LogP contribution in [-0.2, 0) is 6.42 Å². The van der Waals surface area contributed by atoms with E-state index in [1.54, 1.807) is 13.0 Å². The summed E-state index contributed by atoms with van der Waals surface area (Å²) in [4.78, 5) is 11.5. The highest BCUT2D eigenvalue weighted by molar-refractivity contribution is 6.00. The smallest absolute Gasteiger partial charge is 0.422 e. The number of halogens is 3. The zero-order valence-electron chi connectivity index (χ0n) is 9.23. The molecule has 0 N–H and O–H groups in total. The predicted molar refractivity (Wildman–Crippen MR) is 55.4 cm³/mol. The minimum absolute atomic E-state index is 0.0307. The van der Waals surface area contributed by atoms with Gasteiger partial charge >= 0.3 is 6.18 Å². The van der Waals surface area contributed by atoms with Crippen LogP contribution in [-0.4, -0.2) is 18.6 Å². The second-order valence-corrected chi connectivity index (χ2v) is 4.10. The Labute approximate surface area is 96.4 Å². The molecule has 1 aliphatic carbocycles. The molecule has 1 aromatic rings. The molecule has 0 unspecified atom stereocenters. The van der Waals surface area contributed by atoms with Gasteiger partial charge in [0.1, 0.15) is 5.75 Å². The largest absolute Gasteiger partial charge is 0.484 e. The molecule has 0 spiro atoms. The van der Waals surface area contributed by atoms with Crippen molar-refractivity contribution in [2.45, 2.75) is 25.9 Å². The van der Waals surface area contributed by atoms with Crippen LogP contribution in [0.15, 0.2) is 12.1 Å². The zero-order chi connectivity index (χ0) is 12.6. The standard InChI is InChI=1S/C12H11F3O2/c1-7-4-8-2-3-10(16)9(8)5-11(7)17-6-12(13,14)15/h4-5H,2-3,6H2,1H3. The highest BCUT2D eigenvalue weighted by Crippen LogP contribution is 2.30. The zero-order valence-corrected chi connectivity index (χ0v) is 9.23. The van der Waals surface area contributed by atoms with Gasteiger partial charge in [0.15, 0.2) is 12.4 Å². The lowest BCUT2D eigenvalue weighted by Gasteiger charge is -2.12. The number of carbonyl (C=O) groups excluding carboxylic acids is 1. The van der Waals surface area contributed by atoms with Gasteiger partial charge in [0, 0.05) is 12.0 Å². The average Bonchev–Trinajstić information content (AvgIpc) is 2.55. The van der Waals surface area contributed by atoms with E-state index in [0.29, 0.717) is 24.0 Å². The molecule has 0 aromatic heterocycles. The molecule has 0 fully saturated rings. The maximum absolute atomic E-state index is 12.0. The molecule has 0 amide bonds. The maximum atomic E-state index is 12.0. The minimum Gasteiger partial charge on any atom is -0.484 e. The van der Waals surface area contributed by atoms with Crippen LogP contribution in [0, 0.1) is 6.92 Å². The maximum Gasteiger partial charge on any atom is 0.422 e. The summed E-state index contributed by atoms with van der Waals surface area (Å²) in [6.45, 7) is 0.343. The fourth-order valence-corrected chi connectivity index (χ4v) is 1.91. The van der Waals surface area contributed by atoms with Crippen LogP contribution < -0.4 is 4.74 Å². The first-order chi connectivity index (χ1) is 7.87. The van der Waals surface area contributed by atoms with Crippen LogP contribution in [0.2, 0.25) is 0 Å². The van der Waals surface area contributed by atoms with Gasteiger partial charge in [-0.1, -0.05) is 6.07 Å². The second kappa shape index (κ2) is 4.05. The summed E-state index contributed by atoms with van der Waals surface area (Å²) in [5.74, 6) is 0.105. The van der Waals surface area contributed by atoms with E-state index in [-0.39, 0.29) is 11.5 Å². The molecule has 2 rings (SSSR count). The third-order valence-electron chi connectivity index (χ3n) is 2.71. The molecule has 0 aliphatic heterocycles. The Bertz CT molecular complexity index is 464. The summed E-state index contributed by atoms with van der Waals surface area (Å²) in [5, 5.41) is 0. The number of hydrogen-bond acceptors (Lipinski definition) is 2. The molecule has 92 valence electrons. The van der Waals surface area contributed by atoms with E-state index >= 15 is 0 Å². The first kappa shape index (κ1) is 12.0. The van der Waals surface area contributed by atoms with E-state index < -0.39 is 12.8 Å². The van der Waals surface area contributed by atoms with Crippen molar-refractivity contribution in [3.05, 3.63) is 28.8 Å². The number of Topliss-reactive ketones (excluding diaryl/α,β-unsaturated/α-hetero) is 1. The van der Waals surface area contributed by atoms with Gasteiger partial charge in [-0.2, -0.15) is 13.2 Å². The van der Waals surface area contributed by atoms with Crippen molar-refractivity contribution in [3.63, 3.8) is 0 Å². The van der Waals surface area contributed by atoms with Crippen LogP contribution >= 0.6 is 0 Å². The van der Waals surface area contributed by atoms with Crippen molar-refractivity contribution in [1.29, 1.82) is 0 Å². The monoisotopic (exact) mass is 244 g/mol. The topological polar surface area (TPSA) is 26.3 Å². The molecule has 0 heterocycles. The number of rotatable bonds is 2. The Morgan fingerprint density at radius 1 is 1.29 bits per heavy atom. The summed E-state index contributed by atoms with van der Waals surface area (Å²) < 4.78 is 40.8. The number of hydrogen-bond donors (Lipinski definition) is 0. The number of ketones is 1. The average molecular weight is 244 g/mol. The van der Waals surface area contributed by atoms with Crippen molar-refractivity contribution >= 4 is 5.78 Å². The second-order valence-electron chi connectivity index (χ2n) is 4.10. The minimum atomic E-state index is -4.37. The lowest BCUT2D eigenvalue weighted by Crippen LogP contribution is -2.19. The molecule has 1 aliphatic rings. The Kier molecular flexibility index (Phi) is 2.85. The fourth-order valence-electron chi connectivity index (χ4n) is 1.91. The molecule has 5 heteroatoms. The van der Waals surface area contributed by atoms with E-state index in [9.17, 15) is 18.0 Å². The number of carbonyl (C=O) groups is 1. The lowest BCUT2D eigenvalue weighted by molar-refractivity contribution is -0.153. The quantitative estimate of drug-likeness (QED) is 0.799. The van der Waals surface area contributed by atoms with Gasteiger partial charge in [-0.05, 0) is 30.5 Å². The van der Waals surface area contributed by atoms with E-state index in [2.05, 4.69) is 0 Å². The Morgan fingerprint density at radius 3 is 2.65 bits per heavy atom. The summed E-state index contributed by atoms with van der Waals surface area (Å²) in [7, 11) is 0. The molecule has 2 nitrogen and oxygen atoms in total. The van der Waals surface area contributed by atoms with Gasteiger partial charge in [0.2, 0.25) is 0 Å². The Hall–Kier alpha value is -1.52. The van der Waals surface area contributed by atoms with Gasteiger partial charge < -0.3 is 4.74 Å². The SMILES string of the molecule is Cc1cc2c(cc1OCC(F)(F)F)C(=O)CC2. The molecular formula is C12H11F3O2. The molecule has 0 saturated heterocycles. The van der Waals surface area contributed by atoms with Crippen molar-refractivity contribution in [2.75, 3.05) is 6.61 Å². The van der Waals surface area contributed by atoms with Gasteiger partial charge in [-0.25, -0.2) is 0 Å². The normalized spacial score (nSPS) is 14.9. The number of ether oxygens (including phenoxy) is 1. The number of benzene rings is 1. The molecule has 0 radical (unpaired) electrons. The Morgan fingerprint density at radius 2 is 2.00 bits per heavy atom. The van der Waals surface area contributed by atoms with Gasteiger partial charge in [0.25, 0.3) is 0 Å². The van der Waals surface area contributed by atoms with Crippen molar-refractivity contribution in [2.24, 2.45) is 0 Å². The molecule has 17 heavy (non-hydrogen) atoms. The molecular weight excluding hydrogens is 233 g/mol. The van der Waals surface area contributed by atoms with Crippen LogP contribution in [0.25, 0.3) is 0 Å². The summed E-state index contributed by atoms with van der Waals surface area (Å²) >= 11 is 0. The van der Waals surface area contributed by atoms with Crippen molar-refractivity contribution in [1.82, 2.24) is 0 Å². The first-order valence-corrected chi connectivity index (χ1v) is 5.23. The number of alkyl halides is 3.